The topological polar surface area (TPSA) is 36.3 Å². The van der Waals surface area contributed by atoms with Crippen molar-refractivity contribution in [1.29, 1.82) is 0 Å². The Kier molecular flexibility index (Phi) is 5.29. The van der Waals surface area contributed by atoms with Gasteiger partial charge in [0.1, 0.15) is 5.44 Å². The van der Waals surface area contributed by atoms with Gasteiger partial charge >= 0.3 is 0 Å². The van der Waals surface area contributed by atoms with Crippen LogP contribution in [0.1, 0.15) is 13.8 Å². The summed E-state index contributed by atoms with van der Waals surface area (Å²) in [5.74, 6) is 0. The van der Waals surface area contributed by atoms with E-state index in [1.165, 1.54) is 0 Å². The van der Waals surface area contributed by atoms with E-state index in [9.17, 15) is 0 Å². The van der Waals surface area contributed by atoms with Crippen LogP contribution in [0.5, 0.6) is 0 Å². The second kappa shape index (κ2) is 7.41. The zero-order valence-corrected chi connectivity index (χ0v) is 14.7. The molecule has 0 spiro atoms. The molecule has 3 aromatic rings. The second-order valence-corrected chi connectivity index (χ2v) is 6.72. The lowest BCUT2D eigenvalue weighted by atomic mass is 10.3. The van der Waals surface area contributed by atoms with Crippen LogP contribution in [0.25, 0.3) is 16.6 Å². The van der Waals surface area contributed by atoms with E-state index < -0.39 is 8.38 Å². The van der Waals surface area contributed by atoms with E-state index >= 15 is 0 Å². The second-order valence-electron chi connectivity index (χ2n) is 4.83. The van der Waals surface area contributed by atoms with E-state index in [1.54, 1.807) is 0 Å². The molecule has 0 aliphatic carbocycles. The summed E-state index contributed by atoms with van der Waals surface area (Å²) in [6, 6.07) is 15.7. The number of hydrogen-bond acceptors (Lipinski definition) is 3. The molecule has 0 atom stereocenters. The van der Waals surface area contributed by atoms with Gasteiger partial charge < -0.3 is 9.05 Å². The summed E-state index contributed by atoms with van der Waals surface area (Å²) in [7, 11) is -1.22. The Labute approximate surface area is 141 Å². The van der Waals surface area contributed by atoms with Gasteiger partial charge in [-0.25, -0.2) is 4.68 Å². The Morgan fingerprint density at radius 1 is 1.04 bits per heavy atom. The maximum absolute atomic E-state index is 6.15. The fourth-order valence-corrected chi connectivity index (χ4v) is 4.05. The minimum Gasteiger partial charge on any atom is -0.330 e. The predicted molar refractivity (Wildman–Crippen MR) is 95.9 cm³/mol. The molecular weight excluding hydrogens is 331 g/mol. The molecule has 1 aromatic heterocycles. The largest absolute Gasteiger partial charge is 0.330 e. The number of nitrogens with zero attached hydrogens (tertiary/aromatic N) is 2. The average molecular weight is 349 g/mol. The van der Waals surface area contributed by atoms with Crippen molar-refractivity contribution in [1.82, 2.24) is 9.78 Å². The summed E-state index contributed by atoms with van der Waals surface area (Å²) in [6.07, 6.45) is 0. The number of hydrogen-bond donors (Lipinski definition) is 0. The molecular formula is C17H18ClN2O2P. The molecule has 3 rings (SSSR count). The Morgan fingerprint density at radius 2 is 1.78 bits per heavy atom. The highest BCUT2D eigenvalue weighted by Crippen LogP contribution is 2.40. The number of halogens is 1. The lowest BCUT2D eigenvalue weighted by molar-refractivity contribution is 0.276. The maximum Gasteiger partial charge on any atom is 0.225 e. The summed E-state index contributed by atoms with van der Waals surface area (Å²) in [4.78, 5) is 0. The van der Waals surface area contributed by atoms with Crippen molar-refractivity contribution in [2.75, 3.05) is 13.2 Å². The lowest BCUT2D eigenvalue weighted by Gasteiger charge is -2.17. The molecule has 0 aliphatic heterocycles. The van der Waals surface area contributed by atoms with Gasteiger partial charge in [-0.3, -0.25) is 0 Å². The van der Waals surface area contributed by atoms with E-state index in [4.69, 9.17) is 25.7 Å². The van der Waals surface area contributed by atoms with Crippen molar-refractivity contribution in [2.24, 2.45) is 0 Å². The van der Waals surface area contributed by atoms with Gasteiger partial charge in [-0.1, -0.05) is 35.9 Å². The third-order valence-electron chi connectivity index (χ3n) is 3.27. The quantitative estimate of drug-likeness (QED) is 0.606. The first-order chi connectivity index (χ1) is 11.2. The van der Waals surface area contributed by atoms with Crippen molar-refractivity contribution in [3.8, 4) is 5.69 Å². The first-order valence-electron chi connectivity index (χ1n) is 7.54. The summed E-state index contributed by atoms with van der Waals surface area (Å²) < 4.78 is 13.6. The zero-order chi connectivity index (χ0) is 16.2. The number of benzene rings is 2. The van der Waals surface area contributed by atoms with E-state index in [-0.39, 0.29) is 0 Å². The van der Waals surface area contributed by atoms with Crippen LogP contribution in [0.2, 0.25) is 5.02 Å². The van der Waals surface area contributed by atoms with Crippen molar-refractivity contribution in [3.63, 3.8) is 0 Å². The standard InChI is InChI=1S/C17H18ClN2O2P/c1-3-21-23(22-4-2)17-15-10-5-6-11-16(15)19-20(17)14-9-7-8-13(18)12-14/h5-12H,3-4H2,1-2H3. The monoisotopic (exact) mass is 348 g/mol. The first-order valence-corrected chi connectivity index (χ1v) is 9.09. The number of fused-ring (bicyclic) bond motifs is 1. The van der Waals surface area contributed by atoms with Gasteiger partial charge in [0.05, 0.1) is 24.4 Å². The van der Waals surface area contributed by atoms with Gasteiger partial charge in [-0.2, -0.15) is 5.10 Å². The third kappa shape index (κ3) is 3.41. The molecule has 4 nitrogen and oxygen atoms in total. The van der Waals surface area contributed by atoms with Gasteiger partial charge in [-0.15, -0.1) is 0 Å². The van der Waals surface area contributed by atoms with Gasteiger partial charge in [0.2, 0.25) is 8.38 Å². The summed E-state index contributed by atoms with van der Waals surface area (Å²) in [6.45, 7) is 5.11. The zero-order valence-electron chi connectivity index (χ0n) is 13.1. The smallest absolute Gasteiger partial charge is 0.225 e. The fourth-order valence-electron chi connectivity index (χ4n) is 2.38. The van der Waals surface area contributed by atoms with E-state index in [1.807, 2.05) is 67.1 Å². The molecule has 1 heterocycles. The van der Waals surface area contributed by atoms with Crippen LogP contribution in [0.4, 0.5) is 0 Å². The molecule has 0 N–H and O–H groups in total. The Bertz CT molecular complexity index is 800. The highest BCUT2D eigenvalue weighted by atomic mass is 35.5. The van der Waals surface area contributed by atoms with E-state index in [0.717, 1.165) is 22.0 Å². The molecule has 0 saturated carbocycles. The van der Waals surface area contributed by atoms with Crippen LogP contribution in [0, 0.1) is 0 Å². The van der Waals surface area contributed by atoms with E-state index in [2.05, 4.69) is 0 Å². The number of aromatic nitrogens is 2. The molecule has 23 heavy (non-hydrogen) atoms. The van der Waals surface area contributed by atoms with Crippen molar-refractivity contribution in [2.45, 2.75) is 13.8 Å². The molecule has 0 fully saturated rings. The maximum atomic E-state index is 6.15. The van der Waals surface area contributed by atoms with Crippen molar-refractivity contribution >= 4 is 36.3 Å². The van der Waals surface area contributed by atoms with Gasteiger partial charge in [0, 0.05) is 10.4 Å². The average Bonchev–Trinajstić information content (AvgIpc) is 2.94. The molecule has 0 radical (unpaired) electrons. The van der Waals surface area contributed by atoms with Crippen molar-refractivity contribution < 1.29 is 9.05 Å². The van der Waals surface area contributed by atoms with Gasteiger partial charge in [0.15, 0.2) is 0 Å². The van der Waals surface area contributed by atoms with Gasteiger partial charge in [0.25, 0.3) is 0 Å². The normalized spacial score (nSPS) is 11.5. The van der Waals surface area contributed by atoms with Crippen LogP contribution in [-0.4, -0.2) is 23.0 Å². The Morgan fingerprint density at radius 3 is 2.48 bits per heavy atom. The molecule has 6 heteroatoms. The molecule has 0 amide bonds. The van der Waals surface area contributed by atoms with Crippen LogP contribution < -0.4 is 5.44 Å². The Hall–Kier alpha value is -1.45. The highest BCUT2D eigenvalue weighted by Gasteiger charge is 2.23. The SMILES string of the molecule is CCOP(OCC)c1c2ccccc2nn1-c1cccc(Cl)c1. The first kappa shape index (κ1) is 16.4. The minimum atomic E-state index is -1.22. The molecule has 2 aromatic carbocycles. The van der Waals surface area contributed by atoms with Crippen molar-refractivity contribution in [3.05, 3.63) is 53.6 Å². The molecule has 0 bridgehead atoms. The van der Waals surface area contributed by atoms with Crippen LogP contribution >= 0.6 is 20.0 Å². The minimum absolute atomic E-state index is 0.584. The van der Waals surface area contributed by atoms with Gasteiger partial charge in [-0.05, 0) is 38.1 Å². The fraction of sp³-hybridized carbons (Fsp3) is 0.235. The molecule has 0 aliphatic rings. The highest BCUT2D eigenvalue weighted by molar-refractivity contribution is 7.56. The van der Waals surface area contributed by atoms with Crippen LogP contribution in [0.3, 0.4) is 0 Å². The molecule has 0 unspecified atom stereocenters. The van der Waals surface area contributed by atoms with Crippen LogP contribution in [0.15, 0.2) is 48.5 Å². The predicted octanol–water partition coefficient (Wildman–Crippen LogP) is 4.69. The third-order valence-corrected chi connectivity index (χ3v) is 5.27. The molecule has 120 valence electrons. The van der Waals surface area contributed by atoms with Crippen LogP contribution in [-0.2, 0) is 9.05 Å². The lowest BCUT2D eigenvalue weighted by Crippen LogP contribution is -2.18. The number of rotatable bonds is 6. The summed E-state index contributed by atoms with van der Waals surface area (Å²) in [5, 5.41) is 6.44. The Balaban J connectivity index is 2.22. The summed E-state index contributed by atoms with van der Waals surface area (Å²) >= 11 is 6.15. The molecule has 0 saturated heterocycles. The van der Waals surface area contributed by atoms with E-state index in [0.29, 0.717) is 18.2 Å². The summed E-state index contributed by atoms with van der Waals surface area (Å²) in [5.41, 5.74) is 2.76.